The number of halogens is 1. The molecule has 0 spiro atoms. The Labute approximate surface area is 196 Å². The average molecular weight is 484 g/mol. The average Bonchev–Trinajstić information content (AvgIpc) is 2.81. The summed E-state index contributed by atoms with van der Waals surface area (Å²) in [5.41, 5.74) is 1.99. The van der Waals surface area contributed by atoms with Crippen molar-refractivity contribution in [2.45, 2.75) is 23.3 Å². The number of methoxy groups -OCH3 is 2. The van der Waals surface area contributed by atoms with E-state index in [4.69, 9.17) is 21.1 Å². The van der Waals surface area contributed by atoms with Crippen LogP contribution in [0, 0.1) is 6.92 Å². The summed E-state index contributed by atoms with van der Waals surface area (Å²) in [5.74, 6) is 0.778. The largest absolute Gasteiger partial charge is 0.493 e. The van der Waals surface area contributed by atoms with Gasteiger partial charge < -0.3 is 14.0 Å². The number of ether oxygens (including phenoxy) is 2. The number of sulfone groups is 1. The number of hydrogen-bond acceptors (Lipinski definition) is 5. The molecule has 6 nitrogen and oxygen atoms in total. The van der Waals surface area contributed by atoms with Gasteiger partial charge in [0, 0.05) is 23.8 Å². The summed E-state index contributed by atoms with van der Waals surface area (Å²) in [6.45, 7) is 2.35. The minimum atomic E-state index is -4.10. The summed E-state index contributed by atoms with van der Waals surface area (Å²) in [7, 11) is -1.13. The molecule has 0 N–H and O–H groups in total. The van der Waals surface area contributed by atoms with Gasteiger partial charge in [0.2, 0.25) is 15.3 Å². The maximum absolute atomic E-state index is 13.4. The van der Waals surface area contributed by atoms with Crippen LogP contribution in [0.15, 0.2) is 81.4 Å². The summed E-state index contributed by atoms with van der Waals surface area (Å²) in [6.07, 6.45) is 1.39. The van der Waals surface area contributed by atoms with Crippen molar-refractivity contribution in [2.75, 3.05) is 14.2 Å². The Kier molecular flexibility index (Phi) is 6.19. The zero-order valence-electron chi connectivity index (χ0n) is 18.3. The van der Waals surface area contributed by atoms with Crippen LogP contribution < -0.4 is 14.9 Å². The Morgan fingerprint density at radius 2 is 1.52 bits per heavy atom. The predicted molar refractivity (Wildman–Crippen MR) is 128 cm³/mol. The highest BCUT2D eigenvalue weighted by Crippen LogP contribution is 2.32. The van der Waals surface area contributed by atoms with E-state index in [0.717, 1.165) is 11.1 Å². The molecule has 0 saturated heterocycles. The van der Waals surface area contributed by atoms with E-state index in [0.29, 0.717) is 28.6 Å². The van der Waals surface area contributed by atoms with E-state index in [1.165, 1.54) is 50.7 Å². The molecule has 0 bridgehead atoms. The molecule has 3 aromatic carbocycles. The normalized spacial score (nSPS) is 11.5. The lowest BCUT2D eigenvalue weighted by atomic mass is 10.1. The van der Waals surface area contributed by atoms with Gasteiger partial charge in [-0.3, -0.25) is 4.79 Å². The number of pyridine rings is 1. The van der Waals surface area contributed by atoms with Crippen LogP contribution in [0.25, 0.3) is 10.9 Å². The van der Waals surface area contributed by atoms with Crippen molar-refractivity contribution in [3.8, 4) is 11.5 Å². The summed E-state index contributed by atoms with van der Waals surface area (Å²) in [6, 6.07) is 16.8. The lowest BCUT2D eigenvalue weighted by Gasteiger charge is -2.16. The van der Waals surface area contributed by atoms with Crippen molar-refractivity contribution >= 4 is 32.3 Å². The number of benzene rings is 3. The van der Waals surface area contributed by atoms with Gasteiger partial charge in [-0.1, -0.05) is 41.4 Å². The molecule has 8 heteroatoms. The van der Waals surface area contributed by atoms with Gasteiger partial charge in [-0.25, -0.2) is 8.42 Å². The SMILES string of the molecule is COc1cc2c(=O)c(S(=O)(=O)c3ccc(Cl)cc3)cn(Cc3ccc(C)cc3)c2cc1OC. The van der Waals surface area contributed by atoms with E-state index in [-0.39, 0.29) is 15.2 Å². The molecule has 0 aliphatic rings. The van der Waals surface area contributed by atoms with Gasteiger partial charge in [-0.2, -0.15) is 0 Å². The van der Waals surface area contributed by atoms with Crippen LogP contribution in [0.1, 0.15) is 11.1 Å². The van der Waals surface area contributed by atoms with E-state index in [9.17, 15) is 13.2 Å². The van der Waals surface area contributed by atoms with Crippen molar-refractivity contribution in [3.05, 3.63) is 93.2 Å². The molecule has 0 unspecified atom stereocenters. The van der Waals surface area contributed by atoms with E-state index in [1.807, 2.05) is 31.2 Å². The fourth-order valence-electron chi connectivity index (χ4n) is 3.64. The van der Waals surface area contributed by atoms with Crippen LogP contribution in [-0.2, 0) is 16.4 Å². The van der Waals surface area contributed by atoms with Crippen molar-refractivity contribution < 1.29 is 17.9 Å². The summed E-state index contributed by atoms with van der Waals surface area (Å²) < 4.78 is 39.4. The van der Waals surface area contributed by atoms with Gasteiger partial charge in [-0.05, 0) is 42.8 Å². The lowest BCUT2D eigenvalue weighted by molar-refractivity contribution is 0.355. The third kappa shape index (κ3) is 4.34. The lowest BCUT2D eigenvalue weighted by Crippen LogP contribution is -2.20. The zero-order chi connectivity index (χ0) is 23.8. The highest BCUT2D eigenvalue weighted by Gasteiger charge is 2.25. The second-order valence-electron chi connectivity index (χ2n) is 7.62. The molecule has 170 valence electrons. The first-order valence-corrected chi connectivity index (χ1v) is 12.0. The molecule has 1 heterocycles. The molecular weight excluding hydrogens is 462 g/mol. The van der Waals surface area contributed by atoms with Crippen molar-refractivity contribution in [3.63, 3.8) is 0 Å². The maximum atomic E-state index is 13.4. The summed E-state index contributed by atoms with van der Waals surface area (Å²) >= 11 is 5.92. The Balaban J connectivity index is 2.01. The van der Waals surface area contributed by atoms with Gasteiger partial charge in [0.05, 0.1) is 30.0 Å². The molecule has 0 radical (unpaired) electrons. The number of fused-ring (bicyclic) bond motifs is 1. The van der Waals surface area contributed by atoms with E-state index in [2.05, 4.69) is 0 Å². The van der Waals surface area contributed by atoms with E-state index in [1.54, 1.807) is 10.6 Å². The second-order valence-corrected chi connectivity index (χ2v) is 9.97. The standard InChI is InChI=1S/C25H22ClNO5S/c1-16-4-6-17(7-5-16)14-27-15-24(33(29,30)19-10-8-18(26)9-11-19)25(28)20-12-22(31-2)23(32-3)13-21(20)27/h4-13,15H,14H2,1-3H3. The molecule has 33 heavy (non-hydrogen) atoms. The van der Waals surface area contributed by atoms with Crippen LogP contribution in [0.4, 0.5) is 0 Å². The van der Waals surface area contributed by atoms with E-state index < -0.39 is 15.3 Å². The van der Waals surface area contributed by atoms with Crippen LogP contribution in [0.5, 0.6) is 11.5 Å². The first-order chi connectivity index (χ1) is 15.7. The third-order valence-corrected chi connectivity index (χ3v) is 7.45. The monoisotopic (exact) mass is 483 g/mol. The first kappa shape index (κ1) is 22.9. The Morgan fingerprint density at radius 3 is 2.12 bits per heavy atom. The highest BCUT2D eigenvalue weighted by atomic mass is 35.5. The number of aryl methyl sites for hydroxylation is 1. The molecule has 0 aliphatic heterocycles. The fraction of sp³-hybridized carbons (Fsp3) is 0.160. The molecule has 0 saturated carbocycles. The van der Waals surface area contributed by atoms with Gasteiger partial charge in [0.25, 0.3) is 0 Å². The first-order valence-electron chi connectivity index (χ1n) is 10.1. The number of hydrogen-bond donors (Lipinski definition) is 0. The maximum Gasteiger partial charge on any atom is 0.211 e. The quantitative estimate of drug-likeness (QED) is 0.391. The summed E-state index contributed by atoms with van der Waals surface area (Å²) in [5, 5.41) is 0.621. The molecule has 4 rings (SSSR count). The molecule has 0 fully saturated rings. The Morgan fingerprint density at radius 1 is 0.909 bits per heavy atom. The van der Waals surface area contributed by atoms with Crippen LogP contribution in [-0.4, -0.2) is 27.2 Å². The highest BCUT2D eigenvalue weighted by molar-refractivity contribution is 7.91. The van der Waals surface area contributed by atoms with Crippen LogP contribution >= 0.6 is 11.6 Å². The number of rotatable bonds is 6. The molecule has 0 atom stereocenters. The van der Waals surface area contributed by atoms with Crippen LogP contribution in [0.2, 0.25) is 5.02 Å². The zero-order valence-corrected chi connectivity index (χ0v) is 19.9. The minimum Gasteiger partial charge on any atom is -0.493 e. The molecule has 4 aromatic rings. The molecule has 0 aliphatic carbocycles. The topological polar surface area (TPSA) is 74.6 Å². The predicted octanol–water partition coefficient (Wildman–Crippen LogP) is 4.86. The van der Waals surface area contributed by atoms with Crippen molar-refractivity contribution in [1.82, 2.24) is 4.57 Å². The van der Waals surface area contributed by atoms with Gasteiger partial charge >= 0.3 is 0 Å². The molecule has 0 amide bonds. The molecular formula is C25H22ClNO5S. The van der Waals surface area contributed by atoms with Gasteiger partial charge in [-0.15, -0.1) is 0 Å². The second kappa shape index (κ2) is 8.92. The van der Waals surface area contributed by atoms with Gasteiger partial charge in [0.1, 0.15) is 4.90 Å². The Hall–Kier alpha value is -3.29. The fourth-order valence-corrected chi connectivity index (χ4v) is 5.14. The number of aromatic nitrogens is 1. The van der Waals surface area contributed by atoms with E-state index >= 15 is 0 Å². The smallest absolute Gasteiger partial charge is 0.211 e. The van der Waals surface area contributed by atoms with Crippen molar-refractivity contribution in [1.29, 1.82) is 0 Å². The molecule has 1 aromatic heterocycles. The van der Waals surface area contributed by atoms with Gasteiger partial charge in [0.15, 0.2) is 11.5 Å². The summed E-state index contributed by atoms with van der Waals surface area (Å²) in [4.78, 5) is 13.1. The number of nitrogens with zero attached hydrogens (tertiary/aromatic N) is 1. The van der Waals surface area contributed by atoms with Crippen molar-refractivity contribution in [2.24, 2.45) is 0 Å². The minimum absolute atomic E-state index is 0.00860. The van der Waals surface area contributed by atoms with Crippen LogP contribution in [0.3, 0.4) is 0 Å². The Bertz CT molecular complexity index is 1490. The third-order valence-electron chi connectivity index (χ3n) is 5.44.